The van der Waals surface area contributed by atoms with E-state index in [2.05, 4.69) is 10.1 Å². The van der Waals surface area contributed by atoms with Crippen LogP contribution in [0.1, 0.15) is 13.8 Å². The van der Waals surface area contributed by atoms with Crippen LogP contribution in [-0.4, -0.2) is 25.2 Å². The topological polar surface area (TPSA) is 47.6 Å². The van der Waals surface area contributed by atoms with Crippen molar-refractivity contribution in [3.63, 3.8) is 0 Å². The highest BCUT2D eigenvalue weighted by Crippen LogP contribution is 2.17. The number of anilines is 1. The third kappa shape index (κ3) is 5.58. The molecule has 0 saturated heterocycles. The van der Waals surface area contributed by atoms with Crippen LogP contribution in [0.15, 0.2) is 24.3 Å². The van der Waals surface area contributed by atoms with E-state index in [9.17, 15) is 13.6 Å². The zero-order valence-corrected chi connectivity index (χ0v) is 10.2. The van der Waals surface area contributed by atoms with E-state index in [1.807, 2.05) is 13.8 Å². The molecule has 1 aromatic carbocycles. The Morgan fingerprint density at radius 2 is 1.89 bits per heavy atom. The van der Waals surface area contributed by atoms with Gasteiger partial charge in [-0.15, -0.1) is 0 Å². The molecular formula is C12H15F2NO3. The Morgan fingerprint density at radius 1 is 1.28 bits per heavy atom. The predicted molar refractivity (Wildman–Crippen MR) is 62.8 cm³/mol. The Labute approximate surface area is 104 Å². The van der Waals surface area contributed by atoms with Crippen molar-refractivity contribution < 1.29 is 23.0 Å². The third-order valence-corrected chi connectivity index (χ3v) is 1.91. The second kappa shape index (κ2) is 6.90. The Kier molecular flexibility index (Phi) is 5.51. The Bertz CT molecular complexity index is 379. The molecule has 0 saturated carbocycles. The van der Waals surface area contributed by atoms with Crippen molar-refractivity contribution in [2.45, 2.75) is 26.6 Å². The van der Waals surface area contributed by atoms with Crippen LogP contribution in [0.2, 0.25) is 0 Å². The molecule has 100 valence electrons. The number of rotatable bonds is 6. The van der Waals surface area contributed by atoms with Gasteiger partial charge in [0.15, 0.2) is 0 Å². The third-order valence-electron chi connectivity index (χ3n) is 1.91. The van der Waals surface area contributed by atoms with Gasteiger partial charge < -0.3 is 14.8 Å². The molecule has 0 bridgehead atoms. The fourth-order valence-corrected chi connectivity index (χ4v) is 1.16. The molecule has 0 aliphatic heterocycles. The summed E-state index contributed by atoms with van der Waals surface area (Å²) in [4.78, 5) is 11.4. The van der Waals surface area contributed by atoms with Gasteiger partial charge in [-0.05, 0) is 38.1 Å². The van der Waals surface area contributed by atoms with Gasteiger partial charge in [-0.3, -0.25) is 4.79 Å². The number of carbonyl (C=O) groups is 1. The Morgan fingerprint density at radius 3 is 2.39 bits per heavy atom. The van der Waals surface area contributed by atoms with Crippen molar-refractivity contribution >= 4 is 11.6 Å². The zero-order valence-electron chi connectivity index (χ0n) is 10.2. The average Bonchev–Trinajstić information content (AvgIpc) is 2.28. The molecule has 0 unspecified atom stereocenters. The van der Waals surface area contributed by atoms with Gasteiger partial charge in [-0.1, -0.05) is 0 Å². The second-order valence-electron chi connectivity index (χ2n) is 3.81. The maximum Gasteiger partial charge on any atom is 0.387 e. The van der Waals surface area contributed by atoms with Crippen LogP contribution in [0.25, 0.3) is 0 Å². The van der Waals surface area contributed by atoms with Crippen LogP contribution in [0.4, 0.5) is 14.5 Å². The molecule has 0 radical (unpaired) electrons. The molecule has 1 rings (SSSR count). The van der Waals surface area contributed by atoms with Crippen LogP contribution in [0.3, 0.4) is 0 Å². The van der Waals surface area contributed by atoms with Crippen molar-refractivity contribution in [1.29, 1.82) is 0 Å². The summed E-state index contributed by atoms with van der Waals surface area (Å²) in [5.74, 6) is -0.257. The van der Waals surface area contributed by atoms with Gasteiger partial charge in [-0.25, -0.2) is 0 Å². The number of nitrogens with one attached hydrogen (secondary N) is 1. The number of carbonyl (C=O) groups excluding carboxylic acids is 1. The number of ether oxygens (including phenoxy) is 2. The van der Waals surface area contributed by atoms with Crippen LogP contribution >= 0.6 is 0 Å². The van der Waals surface area contributed by atoms with E-state index in [4.69, 9.17) is 4.74 Å². The fourth-order valence-electron chi connectivity index (χ4n) is 1.16. The lowest BCUT2D eigenvalue weighted by molar-refractivity contribution is -0.121. The molecular weight excluding hydrogens is 244 g/mol. The van der Waals surface area contributed by atoms with Crippen LogP contribution < -0.4 is 10.1 Å². The normalized spacial score (nSPS) is 10.8. The number of hydrogen-bond donors (Lipinski definition) is 1. The first-order valence-electron chi connectivity index (χ1n) is 5.43. The number of halogens is 2. The highest BCUT2D eigenvalue weighted by atomic mass is 19.3. The summed E-state index contributed by atoms with van der Waals surface area (Å²) in [5, 5.41) is 2.57. The molecule has 0 spiro atoms. The van der Waals surface area contributed by atoms with Crippen LogP contribution in [-0.2, 0) is 9.53 Å². The van der Waals surface area contributed by atoms with Crippen molar-refractivity contribution in [2.75, 3.05) is 11.9 Å². The molecule has 4 nitrogen and oxygen atoms in total. The SMILES string of the molecule is CC(C)OCC(=O)Nc1ccc(OC(F)F)cc1. The van der Waals surface area contributed by atoms with E-state index < -0.39 is 6.61 Å². The molecule has 0 heterocycles. The van der Waals surface area contributed by atoms with Crippen molar-refractivity contribution in [3.05, 3.63) is 24.3 Å². The van der Waals surface area contributed by atoms with Crippen molar-refractivity contribution in [2.24, 2.45) is 0 Å². The van der Waals surface area contributed by atoms with E-state index in [1.165, 1.54) is 24.3 Å². The summed E-state index contributed by atoms with van der Waals surface area (Å²) in [6.45, 7) is 0.741. The summed E-state index contributed by atoms with van der Waals surface area (Å²) in [6, 6.07) is 5.66. The van der Waals surface area contributed by atoms with E-state index in [0.717, 1.165) is 0 Å². The lowest BCUT2D eigenvalue weighted by Crippen LogP contribution is -2.20. The highest BCUT2D eigenvalue weighted by molar-refractivity contribution is 5.91. The first-order valence-corrected chi connectivity index (χ1v) is 5.43. The van der Waals surface area contributed by atoms with Crippen molar-refractivity contribution in [1.82, 2.24) is 0 Å². The summed E-state index contributed by atoms with van der Waals surface area (Å²) < 4.78 is 33.1. The van der Waals surface area contributed by atoms with Crippen LogP contribution in [0, 0.1) is 0 Å². The number of benzene rings is 1. The average molecular weight is 259 g/mol. The molecule has 1 N–H and O–H groups in total. The monoisotopic (exact) mass is 259 g/mol. The lowest BCUT2D eigenvalue weighted by atomic mass is 10.3. The number of hydrogen-bond acceptors (Lipinski definition) is 3. The molecule has 0 aromatic heterocycles. The standard InChI is InChI=1S/C12H15F2NO3/c1-8(2)17-7-11(16)15-9-3-5-10(6-4-9)18-12(13)14/h3-6,8,12H,7H2,1-2H3,(H,15,16). The minimum Gasteiger partial charge on any atom is -0.435 e. The van der Waals surface area contributed by atoms with E-state index >= 15 is 0 Å². The lowest BCUT2D eigenvalue weighted by Gasteiger charge is -2.09. The first kappa shape index (κ1) is 14.4. The van der Waals surface area contributed by atoms with Gasteiger partial charge in [-0.2, -0.15) is 8.78 Å². The largest absolute Gasteiger partial charge is 0.435 e. The summed E-state index contributed by atoms with van der Waals surface area (Å²) in [7, 11) is 0. The zero-order chi connectivity index (χ0) is 13.5. The number of amides is 1. The minimum absolute atomic E-state index is 0.0300. The molecule has 1 amide bonds. The predicted octanol–water partition coefficient (Wildman–Crippen LogP) is 2.65. The summed E-state index contributed by atoms with van der Waals surface area (Å²) in [5.41, 5.74) is 0.494. The van der Waals surface area contributed by atoms with Crippen molar-refractivity contribution in [3.8, 4) is 5.75 Å². The maximum atomic E-state index is 11.9. The molecule has 0 atom stereocenters. The Hall–Kier alpha value is -1.69. The van der Waals surface area contributed by atoms with Gasteiger partial charge in [0.1, 0.15) is 12.4 Å². The summed E-state index contributed by atoms with van der Waals surface area (Å²) in [6.07, 6.45) is -0.0300. The van der Waals surface area contributed by atoms with Gasteiger partial charge >= 0.3 is 6.61 Å². The molecule has 0 fully saturated rings. The van der Waals surface area contributed by atoms with E-state index in [-0.39, 0.29) is 24.4 Å². The van der Waals surface area contributed by atoms with Gasteiger partial charge in [0.2, 0.25) is 5.91 Å². The smallest absolute Gasteiger partial charge is 0.387 e. The van der Waals surface area contributed by atoms with E-state index in [0.29, 0.717) is 5.69 Å². The summed E-state index contributed by atoms with van der Waals surface area (Å²) >= 11 is 0. The van der Waals surface area contributed by atoms with Crippen LogP contribution in [0.5, 0.6) is 5.75 Å². The molecule has 1 aromatic rings. The maximum absolute atomic E-state index is 11.9. The molecule has 0 aliphatic carbocycles. The first-order chi connectivity index (χ1) is 8.47. The van der Waals surface area contributed by atoms with Gasteiger partial charge in [0.25, 0.3) is 0 Å². The highest BCUT2D eigenvalue weighted by Gasteiger charge is 2.06. The molecule has 18 heavy (non-hydrogen) atoms. The quantitative estimate of drug-likeness (QED) is 0.854. The van der Waals surface area contributed by atoms with E-state index in [1.54, 1.807) is 0 Å². The minimum atomic E-state index is -2.86. The van der Waals surface area contributed by atoms with Gasteiger partial charge in [0, 0.05) is 5.69 Å². The molecule has 6 heteroatoms. The van der Waals surface area contributed by atoms with Gasteiger partial charge in [0.05, 0.1) is 6.10 Å². The Balaban J connectivity index is 2.45. The fraction of sp³-hybridized carbons (Fsp3) is 0.417. The number of alkyl halides is 2. The second-order valence-corrected chi connectivity index (χ2v) is 3.81. The molecule has 0 aliphatic rings.